The normalized spacial score (nSPS) is 10.6. The van der Waals surface area contributed by atoms with Crippen LogP contribution in [0.2, 0.25) is 0 Å². The first-order valence-corrected chi connectivity index (χ1v) is 8.33. The number of carbonyl (C=O) groups is 1. The molecule has 0 radical (unpaired) electrons. The van der Waals surface area contributed by atoms with Crippen LogP contribution in [0.5, 0.6) is 0 Å². The molecule has 3 rings (SSSR count). The van der Waals surface area contributed by atoms with E-state index in [0.29, 0.717) is 13.0 Å². The minimum Gasteiger partial charge on any atom is -0.340 e. The van der Waals surface area contributed by atoms with Crippen LogP contribution in [0.25, 0.3) is 0 Å². The molecule has 1 heterocycles. The molecular formula is C20H22N4O. The molecular weight excluding hydrogens is 312 g/mol. The molecule has 0 saturated carbocycles. The van der Waals surface area contributed by atoms with Gasteiger partial charge in [-0.2, -0.15) is 0 Å². The van der Waals surface area contributed by atoms with E-state index in [4.69, 9.17) is 0 Å². The Hall–Kier alpha value is -3.08. The number of nitrogens with zero attached hydrogens (tertiary/aromatic N) is 2. The van der Waals surface area contributed by atoms with E-state index in [1.54, 1.807) is 6.33 Å². The van der Waals surface area contributed by atoms with E-state index in [2.05, 4.69) is 15.6 Å². The van der Waals surface area contributed by atoms with Crippen LogP contribution in [0.4, 0.5) is 4.79 Å². The summed E-state index contributed by atoms with van der Waals surface area (Å²) < 4.78 is 1.90. The number of hydrogen-bond acceptors (Lipinski definition) is 2. The third-order valence-corrected chi connectivity index (χ3v) is 3.97. The number of aryl methyl sites for hydroxylation is 1. The lowest BCUT2D eigenvalue weighted by atomic mass is 9.99. The lowest BCUT2D eigenvalue weighted by molar-refractivity contribution is 0.239. The van der Waals surface area contributed by atoms with Crippen molar-refractivity contribution in [2.45, 2.75) is 12.5 Å². The van der Waals surface area contributed by atoms with Crippen LogP contribution in [0, 0.1) is 0 Å². The number of amides is 2. The fourth-order valence-electron chi connectivity index (χ4n) is 2.73. The summed E-state index contributed by atoms with van der Waals surface area (Å²) in [6, 6.07) is 19.6. The van der Waals surface area contributed by atoms with Crippen molar-refractivity contribution in [2.24, 2.45) is 7.05 Å². The van der Waals surface area contributed by atoms with Gasteiger partial charge >= 0.3 is 6.03 Å². The molecule has 0 saturated heterocycles. The molecule has 25 heavy (non-hydrogen) atoms. The van der Waals surface area contributed by atoms with Crippen molar-refractivity contribution < 1.29 is 4.79 Å². The monoisotopic (exact) mass is 334 g/mol. The van der Waals surface area contributed by atoms with Crippen molar-refractivity contribution in [3.8, 4) is 0 Å². The van der Waals surface area contributed by atoms with Gasteiger partial charge < -0.3 is 15.2 Å². The zero-order chi connectivity index (χ0) is 17.5. The van der Waals surface area contributed by atoms with Gasteiger partial charge in [0.05, 0.1) is 18.1 Å². The average molecular weight is 334 g/mol. The van der Waals surface area contributed by atoms with Crippen molar-refractivity contribution in [3.63, 3.8) is 0 Å². The number of benzene rings is 2. The summed E-state index contributed by atoms with van der Waals surface area (Å²) in [6.45, 7) is 0.541. The molecule has 0 unspecified atom stereocenters. The second kappa shape index (κ2) is 8.15. The van der Waals surface area contributed by atoms with E-state index < -0.39 is 0 Å². The largest absolute Gasteiger partial charge is 0.340 e. The summed E-state index contributed by atoms with van der Waals surface area (Å²) in [6.07, 6.45) is 4.42. The highest BCUT2D eigenvalue weighted by Gasteiger charge is 2.16. The van der Waals surface area contributed by atoms with E-state index >= 15 is 0 Å². The maximum absolute atomic E-state index is 12.3. The van der Waals surface area contributed by atoms with E-state index in [1.165, 1.54) is 0 Å². The summed E-state index contributed by atoms with van der Waals surface area (Å²) in [7, 11) is 1.93. The van der Waals surface area contributed by atoms with Crippen molar-refractivity contribution >= 4 is 6.03 Å². The Morgan fingerprint density at radius 1 is 1.04 bits per heavy atom. The first kappa shape index (κ1) is 16.8. The summed E-state index contributed by atoms with van der Waals surface area (Å²) in [5.41, 5.74) is 3.06. The SMILES string of the molecule is Cn1cnc(CCNC(=O)NC(c2ccccc2)c2ccccc2)c1. The van der Waals surface area contributed by atoms with E-state index in [9.17, 15) is 4.79 Å². The Morgan fingerprint density at radius 3 is 2.16 bits per heavy atom. The van der Waals surface area contributed by atoms with E-state index in [1.807, 2.05) is 78.5 Å². The van der Waals surface area contributed by atoms with Gasteiger partial charge in [-0.1, -0.05) is 60.7 Å². The summed E-state index contributed by atoms with van der Waals surface area (Å²) in [5.74, 6) is 0. The van der Waals surface area contributed by atoms with Crippen molar-refractivity contribution in [1.29, 1.82) is 0 Å². The Bertz CT molecular complexity index is 759. The molecule has 0 aliphatic rings. The third-order valence-electron chi connectivity index (χ3n) is 3.97. The second-order valence-corrected chi connectivity index (χ2v) is 5.94. The van der Waals surface area contributed by atoms with Crippen molar-refractivity contribution in [3.05, 3.63) is 90.0 Å². The highest BCUT2D eigenvalue weighted by molar-refractivity contribution is 5.75. The van der Waals surface area contributed by atoms with Gasteiger partial charge in [-0.25, -0.2) is 9.78 Å². The smallest absolute Gasteiger partial charge is 0.315 e. The third kappa shape index (κ3) is 4.70. The summed E-state index contributed by atoms with van der Waals surface area (Å²) >= 11 is 0. The van der Waals surface area contributed by atoms with E-state index in [-0.39, 0.29) is 12.1 Å². The van der Waals surface area contributed by atoms with Gasteiger partial charge in [0.1, 0.15) is 0 Å². The summed E-state index contributed by atoms with van der Waals surface area (Å²) in [4.78, 5) is 16.6. The maximum atomic E-state index is 12.3. The van der Waals surface area contributed by atoms with Crippen LogP contribution in [0.1, 0.15) is 22.9 Å². The average Bonchev–Trinajstić information content (AvgIpc) is 3.06. The first-order chi connectivity index (χ1) is 12.2. The number of aromatic nitrogens is 2. The number of carbonyl (C=O) groups excluding carboxylic acids is 1. The van der Waals surface area contributed by atoms with Crippen LogP contribution < -0.4 is 10.6 Å². The van der Waals surface area contributed by atoms with Crippen molar-refractivity contribution in [2.75, 3.05) is 6.54 Å². The maximum Gasteiger partial charge on any atom is 0.315 e. The molecule has 2 amide bonds. The van der Waals surface area contributed by atoms with Gasteiger partial charge in [0, 0.05) is 26.2 Å². The standard InChI is InChI=1S/C20H22N4O/c1-24-14-18(22-15-24)12-13-21-20(25)23-19(16-8-4-2-5-9-16)17-10-6-3-7-11-17/h2-11,14-15,19H,12-13H2,1H3,(H2,21,23,25). The van der Waals surface area contributed by atoms with Gasteiger partial charge in [-0.05, 0) is 11.1 Å². The molecule has 0 spiro atoms. The number of rotatable bonds is 6. The van der Waals surface area contributed by atoms with Gasteiger partial charge in [0.15, 0.2) is 0 Å². The Labute approximate surface area is 147 Å². The Kier molecular flexibility index (Phi) is 5.46. The second-order valence-electron chi connectivity index (χ2n) is 5.94. The Morgan fingerprint density at radius 2 is 1.64 bits per heavy atom. The highest BCUT2D eigenvalue weighted by atomic mass is 16.2. The zero-order valence-corrected chi connectivity index (χ0v) is 14.2. The van der Waals surface area contributed by atoms with Gasteiger partial charge in [-0.15, -0.1) is 0 Å². The molecule has 0 fully saturated rings. The molecule has 0 atom stereocenters. The molecule has 3 aromatic rings. The molecule has 1 aromatic heterocycles. The molecule has 2 N–H and O–H groups in total. The van der Waals surface area contributed by atoms with Gasteiger partial charge in [0.2, 0.25) is 0 Å². The number of hydrogen-bond donors (Lipinski definition) is 2. The highest BCUT2D eigenvalue weighted by Crippen LogP contribution is 2.21. The minimum atomic E-state index is -0.186. The first-order valence-electron chi connectivity index (χ1n) is 8.33. The molecule has 0 aliphatic heterocycles. The fourth-order valence-corrected chi connectivity index (χ4v) is 2.73. The molecule has 5 nitrogen and oxygen atoms in total. The molecule has 0 aliphatic carbocycles. The quantitative estimate of drug-likeness (QED) is 0.728. The lowest BCUT2D eigenvalue weighted by Gasteiger charge is -2.20. The summed E-state index contributed by atoms with van der Waals surface area (Å²) in [5, 5.41) is 5.98. The number of nitrogens with one attached hydrogen (secondary N) is 2. The number of imidazole rings is 1. The van der Waals surface area contributed by atoms with Crippen molar-refractivity contribution in [1.82, 2.24) is 20.2 Å². The predicted molar refractivity (Wildman–Crippen MR) is 98.2 cm³/mol. The molecule has 2 aromatic carbocycles. The van der Waals surface area contributed by atoms with Crippen LogP contribution >= 0.6 is 0 Å². The minimum absolute atomic E-state index is 0.183. The van der Waals surface area contributed by atoms with E-state index in [0.717, 1.165) is 16.8 Å². The lowest BCUT2D eigenvalue weighted by Crippen LogP contribution is -2.39. The van der Waals surface area contributed by atoms with Crippen LogP contribution in [0.15, 0.2) is 73.2 Å². The van der Waals surface area contributed by atoms with Crippen LogP contribution in [0.3, 0.4) is 0 Å². The van der Waals surface area contributed by atoms with Gasteiger partial charge in [0.25, 0.3) is 0 Å². The molecule has 128 valence electrons. The van der Waals surface area contributed by atoms with Gasteiger partial charge in [-0.3, -0.25) is 0 Å². The number of urea groups is 1. The fraction of sp³-hybridized carbons (Fsp3) is 0.200. The molecule has 5 heteroatoms. The topological polar surface area (TPSA) is 59.0 Å². The van der Waals surface area contributed by atoms with Crippen LogP contribution in [-0.4, -0.2) is 22.1 Å². The predicted octanol–water partition coefficient (Wildman–Crippen LogP) is 3.05. The van der Waals surface area contributed by atoms with Crippen LogP contribution in [-0.2, 0) is 13.5 Å². The molecule has 0 bridgehead atoms. The zero-order valence-electron chi connectivity index (χ0n) is 14.2. The Balaban J connectivity index is 1.62.